The van der Waals surface area contributed by atoms with Crippen LogP contribution in [0.15, 0.2) is 30.5 Å². The maximum Gasteiger partial charge on any atom is 0.165 e. The average molecular weight is 271 g/mol. The number of rotatable bonds is 2. The van der Waals surface area contributed by atoms with Crippen molar-refractivity contribution in [2.24, 2.45) is 7.05 Å². The highest BCUT2D eigenvalue weighted by atomic mass is 16.3. The average Bonchev–Trinajstić information content (AvgIpc) is 2.64. The van der Waals surface area contributed by atoms with E-state index in [1.54, 1.807) is 10.8 Å². The highest BCUT2D eigenvalue weighted by molar-refractivity contribution is 5.99. The van der Waals surface area contributed by atoms with Crippen LogP contribution in [0.25, 0.3) is 11.3 Å². The summed E-state index contributed by atoms with van der Waals surface area (Å²) in [5.74, 6) is -0.0702. The maximum absolute atomic E-state index is 11.5. The molecule has 0 radical (unpaired) electrons. The molecule has 2 aromatic rings. The molecular formula is C17H21NO2. The van der Waals surface area contributed by atoms with E-state index in [0.29, 0.717) is 11.3 Å². The van der Waals surface area contributed by atoms with Crippen LogP contribution in [0.4, 0.5) is 0 Å². The highest BCUT2D eigenvalue weighted by Gasteiger charge is 2.19. The van der Waals surface area contributed by atoms with Crippen molar-refractivity contribution in [1.29, 1.82) is 0 Å². The minimum absolute atomic E-state index is 0.0588. The molecule has 1 aromatic carbocycles. The largest absolute Gasteiger partial charge is 0.505 e. The molecule has 3 nitrogen and oxygen atoms in total. The van der Waals surface area contributed by atoms with Crippen LogP contribution in [0.5, 0.6) is 5.75 Å². The molecule has 0 spiro atoms. The summed E-state index contributed by atoms with van der Waals surface area (Å²) in [7, 11) is 1.83. The number of carbonyl (C=O) groups is 1. The fourth-order valence-corrected chi connectivity index (χ4v) is 2.34. The molecule has 3 heteroatoms. The Labute approximate surface area is 119 Å². The highest BCUT2D eigenvalue weighted by Crippen LogP contribution is 2.35. The van der Waals surface area contributed by atoms with Gasteiger partial charge in [-0.25, -0.2) is 0 Å². The van der Waals surface area contributed by atoms with Crippen molar-refractivity contribution in [2.45, 2.75) is 33.1 Å². The van der Waals surface area contributed by atoms with Crippen LogP contribution >= 0.6 is 0 Å². The number of nitrogens with zero attached hydrogens (tertiary/aromatic N) is 1. The number of aromatic nitrogens is 1. The molecule has 1 aromatic heterocycles. The topological polar surface area (TPSA) is 42.2 Å². The molecule has 2 rings (SSSR count). The zero-order valence-electron chi connectivity index (χ0n) is 12.7. The van der Waals surface area contributed by atoms with Crippen LogP contribution in [0.3, 0.4) is 0 Å². The summed E-state index contributed by atoms with van der Waals surface area (Å²) >= 11 is 0. The van der Waals surface area contributed by atoms with Crippen LogP contribution in [0.1, 0.15) is 43.6 Å². The van der Waals surface area contributed by atoms with Gasteiger partial charge in [-0.2, -0.15) is 0 Å². The van der Waals surface area contributed by atoms with Crippen molar-refractivity contribution < 1.29 is 9.90 Å². The van der Waals surface area contributed by atoms with Crippen molar-refractivity contribution in [3.8, 4) is 17.0 Å². The third-order valence-electron chi connectivity index (χ3n) is 3.56. The standard InChI is InChI=1S/C17H21NO2/c1-11(19)14-10-18(5)15(16(14)20)12-6-8-13(9-7-12)17(2,3)4/h6-10,20H,1-5H3. The Hall–Kier alpha value is -2.03. The number of hydrogen-bond acceptors (Lipinski definition) is 2. The van der Waals surface area contributed by atoms with Crippen LogP contribution in [-0.2, 0) is 12.5 Å². The number of aromatic hydroxyl groups is 1. The molecule has 20 heavy (non-hydrogen) atoms. The number of Topliss-reactive ketones (excluding diaryl/α,β-unsaturated/α-hetero) is 1. The van der Waals surface area contributed by atoms with Gasteiger partial charge in [0.2, 0.25) is 0 Å². The van der Waals surface area contributed by atoms with Gasteiger partial charge in [-0.05, 0) is 17.9 Å². The van der Waals surface area contributed by atoms with Crippen LogP contribution in [0, 0.1) is 0 Å². The van der Waals surface area contributed by atoms with Crippen LogP contribution < -0.4 is 0 Å². The summed E-state index contributed by atoms with van der Waals surface area (Å²) in [6, 6.07) is 8.10. The number of hydrogen-bond donors (Lipinski definition) is 1. The predicted molar refractivity (Wildman–Crippen MR) is 81.2 cm³/mol. The first-order chi connectivity index (χ1) is 9.21. The van der Waals surface area contributed by atoms with Gasteiger partial charge >= 0.3 is 0 Å². The molecule has 0 aliphatic heterocycles. The summed E-state index contributed by atoms with van der Waals surface area (Å²) in [5, 5.41) is 10.2. The van der Waals surface area contributed by atoms with Gasteiger partial charge in [0.05, 0.1) is 11.3 Å². The van der Waals surface area contributed by atoms with E-state index in [2.05, 4.69) is 32.9 Å². The van der Waals surface area contributed by atoms with Crippen molar-refractivity contribution in [3.63, 3.8) is 0 Å². The molecule has 0 bridgehead atoms. The molecule has 0 fully saturated rings. The fraction of sp³-hybridized carbons (Fsp3) is 0.353. The minimum Gasteiger partial charge on any atom is -0.505 e. The first-order valence-corrected chi connectivity index (χ1v) is 6.72. The third-order valence-corrected chi connectivity index (χ3v) is 3.56. The van der Waals surface area contributed by atoms with Gasteiger partial charge in [0.15, 0.2) is 11.5 Å². The molecule has 0 saturated heterocycles. The fourth-order valence-electron chi connectivity index (χ4n) is 2.34. The summed E-state index contributed by atoms with van der Waals surface area (Å²) in [6.45, 7) is 7.95. The van der Waals surface area contributed by atoms with Crippen molar-refractivity contribution in [2.75, 3.05) is 0 Å². The molecule has 1 N–H and O–H groups in total. The van der Waals surface area contributed by atoms with E-state index in [-0.39, 0.29) is 16.9 Å². The first kappa shape index (κ1) is 14.4. The number of ketones is 1. The van der Waals surface area contributed by atoms with Crippen LogP contribution in [0.2, 0.25) is 0 Å². The van der Waals surface area contributed by atoms with E-state index >= 15 is 0 Å². The normalized spacial score (nSPS) is 11.7. The lowest BCUT2D eigenvalue weighted by Crippen LogP contribution is -2.10. The van der Waals surface area contributed by atoms with Gasteiger partial charge in [-0.3, -0.25) is 4.79 Å². The molecular weight excluding hydrogens is 250 g/mol. The molecule has 0 aliphatic rings. The monoisotopic (exact) mass is 271 g/mol. The van der Waals surface area contributed by atoms with E-state index in [9.17, 15) is 9.90 Å². The molecule has 106 valence electrons. The van der Waals surface area contributed by atoms with Crippen LogP contribution in [-0.4, -0.2) is 15.5 Å². The molecule has 0 atom stereocenters. The quantitative estimate of drug-likeness (QED) is 0.842. The van der Waals surface area contributed by atoms with E-state index in [1.165, 1.54) is 12.5 Å². The lowest BCUT2D eigenvalue weighted by molar-refractivity contribution is 0.101. The summed E-state index contributed by atoms with van der Waals surface area (Å²) < 4.78 is 1.79. The van der Waals surface area contributed by atoms with Gasteiger partial charge in [-0.15, -0.1) is 0 Å². The second kappa shape index (κ2) is 4.82. The Kier molecular flexibility index (Phi) is 3.46. The molecule has 0 amide bonds. The Morgan fingerprint density at radius 3 is 2.10 bits per heavy atom. The number of benzene rings is 1. The number of aryl methyl sites for hydroxylation is 1. The van der Waals surface area contributed by atoms with E-state index in [1.807, 2.05) is 19.2 Å². The molecule has 0 unspecified atom stereocenters. The number of carbonyl (C=O) groups excluding carboxylic acids is 1. The van der Waals surface area contributed by atoms with E-state index in [0.717, 1.165) is 5.56 Å². The maximum atomic E-state index is 11.5. The predicted octanol–water partition coefficient (Wildman–Crippen LogP) is 3.90. The SMILES string of the molecule is CC(=O)c1cn(C)c(-c2ccc(C(C)(C)C)cc2)c1O. The Bertz CT molecular complexity index is 643. The zero-order chi connectivity index (χ0) is 15.1. The van der Waals surface area contributed by atoms with E-state index < -0.39 is 0 Å². The zero-order valence-corrected chi connectivity index (χ0v) is 12.7. The Morgan fingerprint density at radius 1 is 1.15 bits per heavy atom. The van der Waals surface area contributed by atoms with Gasteiger partial charge in [0.1, 0.15) is 0 Å². The minimum atomic E-state index is -0.129. The molecule has 1 heterocycles. The second-order valence-electron chi connectivity index (χ2n) is 6.23. The first-order valence-electron chi connectivity index (χ1n) is 6.72. The third kappa shape index (κ3) is 2.48. The van der Waals surface area contributed by atoms with Crippen molar-refractivity contribution in [1.82, 2.24) is 4.57 Å². The Morgan fingerprint density at radius 2 is 1.70 bits per heavy atom. The second-order valence-corrected chi connectivity index (χ2v) is 6.23. The molecule has 0 aliphatic carbocycles. The smallest absolute Gasteiger partial charge is 0.165 e. The Balaban J connectivity index is 2.50. The van der Waals surface area contributed by atoms with Gasteiger partial charge < -0.3 is 9.67 Å². The van der Waals surface area contributed by atoms with Gasteiger partial charge in [0.25, 0.3) is 0 Å². The summed E-state index contributed by atoms with van der Waals surface area (Å²) in [6.07, 6.45) is 1.67. The summed E-state index contributed by atoms with van der Waals surface area (Å²) in [5.41, 5.74) is 3.28. The van der Waals surface area contributed by atoms with Gasteiger partial charge in [0, 0.05) is 18.8 Å². The lowest BCUT2D eigenvalue weighted by Gasteiger charge is -2.19. The molecule has 0 saturated carbocycles. The summed E-state index contributed by atoms with van der Waals surface area (Å²) in [4.78, 5) is 11.5. The van der Waals surface area contributed by atoms with Crippen molar-refractivity contribution in [3.05, 3.63) is 41.6 Å². The van der Waals surface area contributed by atoms with Gasteiger partial charge in [-0.1, -0.05) is 45.0 Å². The van der Waals surface area contributed by atoms with E-state index in [4.69, 9.17) is 0 Å². The lowest BCUT2D eigenvalue weighted by atomic mass is 9.86. The van der Waals surface area contributed by atoms with Crippen molar-refractivity contribution >= 4 is 5.78 Å².